The van der Waals surface area contributed by atoms with Gasteiger partial charge in [0.15, 0.2) is 11.6 Å². The van der Waals surface area contributed by atoms with Crippen LogP contribution >= 0.6 is 11.6 Å². The van der Waals surface area contributed by atoms with Crippen molar-refractivity contribution in [3.63, 3.8) is 0 Å². The number of halogens is 2. The molecule has 3 N–H and O–H groups in total. The number of nitrogens with one attached hydrogen (secondary N) is 1. The molecule has 5 nitrogen and oxygen atoms in total. The maximum absolute atomic E-state index is 13.7. The van der Waals surface area contributed by atoms with E-state index in [1.54, 1.807) is 0 Å². The summed E-state index contributed by atoms with van der Waals surface area (Å²) in [7, 11) is 0. The van der Waals surface area contributed by atoms with Crippen LogP contribution in [-0.4, -0.2) is 28.8 Å². The number of rotatable bonds is 4. The largest absolute Gasteiger partial charge is 0.364 e. The predicted octanol–water partition coefficient (Wildman–Crippen LogP) is 1.48. The third-order valence-corrected chi connectivity index (χ3v) is 4.87. The van der Waals surface area contributed by atoms with Crippen LogP contribution in [0, 0.1) is 29.5 Å². The number of fused-ring (bicyclic) bond motifs is 2. The van der Waals surface area contributed by atoms with Crippen molar-refractivity contribution in [2.24, 2.45) is 29.4 Å². The van der Waals surface area contributed by atoms with E-state index in [1.165, 1.54) is 0 Å². The summed E-state index contributed by atoms with van der Waals surface area (Å²) in [4.78, 5) is 18.8. The van der Waals surface area contributed by atoms with E-state index in [1.807, 2.05) is 0 Å². The molecule has 0 aromatic carbocycles. The smallest absolute Gasteiger partial charge is 0.224 e. The van der Waals surface area contributed by atoms with E-state index in [-0.39, 0.29) is 29.0 Å². The Morgan fingerprint density at radius 1 is 1.55 bits per heavy atom. The highest BCUT2D eigenvalue weighted by Gasteiger charge is 2.52. The van der Waals surface area contributed by atoms with Crippen LogP contribution in [0.4, 0.5) is 10.2 Å². The number of nitrogens with two attached hydrogens (primary N) is 1. The van der Waals surface area contributed by atoms with Gasteiger partial charge < -0.3 is 15.8 Å². The summed E-state index contributed by atoms with van der Waals surface area (Å²) >= 11 is 5.69. The van der Waals surface area contributed by atoms with Gasteiger partial charge >= 0.3 is 0 Å². The molecular formula is C13H16ClFN4O. The predicted molar refractivity (Wildman–Crippen MR) is 72.7 cm³/mol. The summed E-state index contributed by atoms with van der Waals surface area (Å²) < 4.78 is 13.7. The summed E-state index contributed by atoms with van der Waals surface area (Å²) in [6.45, 7) is 0.595. The first-order chi connectivity index (χ1) is 9.63. The first-order valence-corrected chi connectivity index (χ1v) is 7.11. The van der Waals surface area contributed by atoms with Crippen molar-refractivity contribution in [2.45, 2.75) is 18.9 Å². The molecule has 0 saturated heterocycles. The molecule has 1 aromatic rings. The average Bonchev–Trinajstić information content (AvgIpc) is 3.00. The zero-order valence-corrected chi connectivity index (χ0v) is 11.6. The Hall–Kier alpha value is -1.27. The van der Waals surface area contributed by atoms with Crippen LogP contribution in [0.5, 0.6) is 0 Å². The zero-order chi connectivity index (χ0) is 14.3. The molecule has 3 rings (SSSR count). The number of anilines is 1. The van der Waals surface area contributed by atoms with E-state index in [0.29, 0.717) is 18.4 Å². The molecule has 5 atom stereocenters. The topological polar surface area (TPSA) is 80.9 Å². The monoisotopic (exact) mass is 298 g/mol. The average molecular weight is 299 g/mol. The first-order valence-electron chi connectivity index (χ1n) is 6.74. The molecule has 1 aromatic heterocycles. The number of nitrogens with zero attached hydrogens (tertiary/aromatic N) is 2. The van der Waals surface area contributed by atoms with E-state index in [4.69, 9.17) is 17.3 Å². The Morgan fingerprint density at radius 3 is 3.05 bits per heavy atom. The molecule has 0 amide bonds. The Balaban J connectivity index is 1.85. The van der Waals surface area contributed by atoms with Crippen molar-refractivity contribution in [1.82, 2.24) is 9.97 Å². The van der Waals surface area contributed by atoms with Crippen LogP contribution in [0.3, 0.4) is 0 Å². The molecule has 0 aliphatic heterocycles. The van der Waals surface area contributed by atoms with Crippen LogP contribution in [0.25, 0.3) is 0 Å². The molecule has 20 heavy (non-hydrogen) atoms. The molecule has 2 aliphatic rings. The second kappa shape index (κ2) is 5.26. The van der Waals surface area contributed by atoms with Crippen molar-refractivity contribution in [2.75, 3.05) is 11.9 Å². The van der Waals surface area contributed by atoms with Crippen molar-refractivity contribution in [1.29, 1.82) is 0 Å². The molecule has 2 fully saturated rings. The highest BCUT2D eigenvalue weighted by atomic mass is 35.5. The molecule has 7 heteroatoms. The highest BCUT2D eigenvalue weighted by molar-refractivity contribution is 6.28. The van der Waals surface area contributed by atoms with Crippen LogP contribution in [0.15, 0.2) is 6.20 Å². The van der Waals surface area contributed by atoms with Gasteiger partial charge in [0.05, 0.1) is 6.20 Å². The van der Waals surface area contributed by atoms with Crippen LogP contribution < -0.4 is 11.1 Å². The molecule has 108 valence electrons. The van der Waals surface area contributed by atoms with E-state index in [0.717, 1.165) is 25.3 Å². The third kappa shape index (κ3) is 2.16. The number of aromatic nitrogens is 2. The fourth-order valence-corrected chi connectivity index (χ4v) is 3.94. The molecule has 2 aliphatic carbocycles. The van der Waals surface area contributed by atoms with Gasteiger partial charge in [-0.1, -0.05) is 0 Å². The van der Waals surface area contributed by atoms with E-state index < -0.39 is 5.82 Å². The van der Waals surface area contributed by atoms with Gasteiger partial charge in [0, 0.05) is 12.0 Å². The Labute approximate surface area is 121 Å². The second-order valence-electron chi connectivity index (χ2n) is 5.61. The van der Waals surface area contributed by atoms with Gasteiger partial charge in [0.2, 0.25) is 5.28 Å². The third-order valence-electron chi connectivity index (χ3n) is 4.68. The maximum Gasteiger partial charge on any atom is 0.224 e. The molecule has 5 unspecified atom stereocenters. The van der Waals surface area contributed by atoms with Gasteiger partial charge in [-0.05, 0) is 48.7 Å². The minimum Gasteiger partial charge on any atom is -0.364 e. The van der Waals surface area contributed by atoms with Crippen LogP contribution in [-0.2, 0) is 4.79 Å². The fourth-order valence-electron chi connectivity index (χ4n) is 3.81. The Kier molecular flexibility index (Phi) is 3.60. The normalized spacial score (nSPS) is 35.2. The van der Waals surface area contributed by atoms with Gasteiger partial charge in [0.25, 0.3) is 0 Å². The standard InChI is InChI=1S/C13H16ClFN4O/c14-13-17-4-10(15)12(19-13)18-11-8-2-6(9(11)5-20)1-7(8)3-16/h4-9,11H,1-3,16H2,(H,17,18,19). The number of hydrogen-bond donors (Lipinski definition) is 2. The number of carbonyl (C=O) groups excluding carboxylic acids is 1. The van der Waals surface area contributed by atoms with Crippen molar-refractivity contribution < 1.29 is 9.18 Å². The summed E-state index contributed by atoms with van der Waals surface area (Å²) in [6.07, 6.45) is 3.94. The lowest BCUT2D eigenvalue weighted by molar-refractivity contribution is -0.112. The Morgan fingerprint density at radius 2 is 2.35 bits per heavy atom. The van der Waals surface area contributed by atoms with Crippen molar-refractivity contribution in [3.05, 3.63) is 17.3 Å². The van der Waals surface area contributed by atoms with Crippen LogP contribution in [0.2, 0.25) is 5.28 Å². The lowest BCUT2D eigenvalue weighted by atomic mass is 9.79. The molecule has 2 bridgehead atoms. The molecule has 0 spiro atoms. The molecule has 2 saturated carbocycles. The van der Waals surface area contributed by atoms with Gasteiger partial charge in [-0.25, -0.2) is 9.37 Å². The number of aldehydes is 1. The Bertz CT molecular complexity index is 529. The minimum atomic E-state index is -0.564. The molecular weight excluding hydrogens is 283 g/mol. The van der Waals surface area contributed by atoms with E-state index in [9.17, 15) is 9.18 Å². The van der Waals surface area contributed by atoms with Crippen molar-refractivity contribution >= 4 is 23.7 Å². The fraction of sp³-hybridized carbons (Fsp3) is 0.615. The summed E-state index contributed by atoms with van der Waals surface area (Å²) in [5.41, 5.74) is 5.78. The first kappa shape index (κ1) is 13.7. The van der Waals surface area contributed by atoms with Gasteiger partial charge in [-0.3, -0.25) is 0 Å². The summed E-state index contributed by atoms with van der Waals surface area (Å²) in [5.74, 6) is 0.388. The lowest BCUT2D eigenvalue weighted by Crippen LogP contribution is -2.41. The summed E-state index contributed by atoms with van der Waals surface area (Å²) in [6, 6.07) is -0.125. The molecule has 0 radical (unpaired) electrons. The van der Waals surface area contributed by atoms with Crippen molar-refractivity contribution in [3.8, 4) is 0 Å². The SMILES string of the molecule is NCC1CC2CC1C(Nc1nc(Cl)ncc1F)C2C=O. The summed E-state index contributed by atoms with van der Waals surface area (Å²) in [5, 5.41) is 3.03. The number of hydrogen-bond acceptors (Lipinski definition) is 5. The van der Waals surface area contributed by atoms with Gasteiger partial charge in [0.1, 0.15) is 6.29 Å². The minimum absolute atomic E-state index is 0.0184. The molecule has 1 heterocycles. The van der Waals surface area contributed by atoms with Gasteiger partial charge in [-0.15, -0.1) is 0 Å². The zero-order valence-electron chi connectivity index (χ0n) is 10.8. The van der Waals surface area contributed by atoms with E-state index >= 15 is 0 Å². The maximum atomic E-state index is 13.7. The quantitative estimate of drug-likeness (QED) is 0.650. The number of carbonyl (C=O) groups is 1. The second-order valence-corrected chi connectivity index (χ2v) is 5.95. The lowest BCUT2D eigenvalue weighted by Gasteiger charge is -2.33. The van der Waals surface area contributed by atoms with E-state index in [2.05, 4.69) is 15.3 Å². The van der Waals surface area contributed by atoms with Gasteiger partial charge in [-0.2, -0.15) is 4.98 Å². The highest BCUT2D eigenvalue weighted by Crippen LogP contribution is 2.51. The van der Waals surface area contributed by atoms with Crippen LogP contribution in [0.1, 0.15) is 12.8 Å².